The number of ether oxygens (including phenoxy) is 2. The third kappa shape index (κ3) is 5.22. The highest BCUT2D eigenvalue weighted by molar-refractivity contribution is 5.84. The first-order chi connectivity index (χ1) is 12.4. The van der Waals surface area contributed by atoms with Crippen LogP contribution in [0.4, 0.5) is 0 Å². The number of rotatable bonds is 6. The van der Waals surface area contributed by atoms with Gasteiger partial charge in [-0.2, -0.15) is 5.26 Å². The Kier molecular flexibility index (Phi) is 7.02. The summed E-state index contributed by atoms with van der Waals surface area (Å²) < 4.78 is 10.5. The minimum atomic E-state index is -0.887. The molecule has 1 fully saturated rings. The molecule has 0 heterocycles. The molecule has 1 aromatic carbocycles. The molecule has 26 heavy (non-hydrogen) atoms. The van der Waals surface area contributed by atoms with Gasteiger partial charge in [-0.3, -0.25) is 4.79 Å². The van der Waals surface area contributed by atoms with Gasteiger partial charge in [0.2, 0.25) is 0 Å². The van der Waals surface area contributed by atoms with Gasteiger partial charge in [-0.15, -0.1) is 0 Å². The maximum atomic E-state index is 12.3. The van der Waals surface area contributed by atoms with E-state index in [2.05, 4.69) is 19.2 Å². The van der Waals surface area contributed by atoms with Crippen LogP contribution < -0.4 is 10.1 Å². The SMILES string of the molecule is C[C@H]1[C@@H](NC(=O)[C@@H](C)OC(=O)COc2ccccc2C#N)CCC[C@@H]1C. The number of carbonyl (C=O) groups excluding carboxylic acids is 2. The van der Waals surface area contributed by atoms with E-state index < -0.39 is 12.1 Å². The van der Waals surface area contributed by atoms with E-state index in [1.807, 2.05) is 6.07 Å². The van der Waals surface area contributed by atoms with Gasteiger partial charge in [-0.05, 0) is 37.3 Å². The first-order valence-electron chi connectivity index (χ1n) is 9.04. The second kappa shape index (κ2) is 9.23. The molecule has 1 aliphatic carbocycles. The third-order valence-corrected chi connectivity index (χ3v) is 5.06. The van der Waals surface area contributed by atoms with Crippen molar-refractivity contribution in [2.24, 2.45) is 11.8 Å². The van der Waals surface area contributed by atoms with Gasteiger partial charge in [0.15, 0.2) is 12.7 Å². The molecule has 0 spiro atoms. The molecule has 6 heteroatoms. The largest absolute Gasteiger partial charge is 0.481 e. The van der Waals surface area contributed by atoms with Crippen LogP contribution in [0.15, 0.2) is 24.3 Å². The summed E-state index contributed by atoms with van der Waals surface area (Å²) in [5.74, 6) is 0.350. The highest BCUT2D eigenvalue weighted by Gasteiger charge is 2.30. The van der Waals surface area contributed by atoms with Gasteiger partial charge in [-0.1, -0.05) is 38.8 Å². The molecular formula is C20H26N2O4. The minimum Gasteiger partial charge on any atom is -0.481 e. The molecule has 0 radical (unpaired) electrons. The van der Waals surface area contributed by atoms with Crippen molar-refractivity contribution in [1.29, 1.82) is 5.26 Å². The lowest BCUT2D eigenvalue weighted by atomic mass is 9.78. The number of para-hydroxylation sites is 1. The summed E-state index contributed by atoms with van der Waals surface area (Å²) in [5, 5.41) is 12.0. The van der Waals surface area contributed by atoms with Gasteiger partial charge in [0.1, 0.15) is 11.8 Å². The second-order valence-corrected chi connectivity index (χ2v) is 6.91. The normalized spacial score (nSPS) is 23.4. The second-order valence-electron chi connectivity index (χ2n) is 6.91. The van der Waals surface area contributed by atoms with Crippen LogP contribution in [0.5, 0.6) is 5.75 Å². The number of hydrogen-bond acceptors (Lipinski definition) is 5. The number of benzene rings is 1. The average Bonchev–Trinajstić information content (AvgIpc) is 2.63. The fraction of sp³-hybridized carbons (Fsp3) is 0.550. The van der Waals surface area contributed by atoms with Gasteiger partial charge in [-0.25, -0.2) is 4.79 Å². The van der Waals surface area contributed by atoms with Crippen molar-refractivity contribution in [3.05, 3.63) is 29.8 Å². The van der Waals surface area contributed by atoms with E-state index in [0.717, 1.165) is 12.8 Å². The molecule has 1 amide bonds. The van der Waals surface area contributed by atoms with Crippen LogP contribution in [-0.4, -0.2) is 30.6 Å². The predicted molar refractivity (Wildman–Crippen MR) is 96.3 cm³/mol. The fourth-order valence-corrected chi connectivity index (χ4v) is 3.19. The van der Waals surface area contributed by atoms with Crippen molar-refractivity contribution in [3.63, 3.8) is 0 Å². The van der Waals surface area contributed by atoms with Gasteiger partial charge in [0.05, 0.1) is 5.56 Å². The van der Waals surface area contributed by atoms with Gasteiger partial charge in [0, 0.05) is 6.04 Å². The zero-order valence-corrected chi connectivity index (χ0v) is 15.5. The number of nitrogens with zero attached hydrogens (tertiary/aromatic N) is 1. The van der Waals surface area contributed by atoms with Crippen molar-refractivity contribution >= 4 is 11.9 Å². The summed E-state index contributed by atoms with van der Waals surface area (Å²) in [6.07, 6.45) is 2.34. The minimum absolute atomic E-state index is 0.117. The molecule has 6 nitrogen and oxygen atoms in total. The van der Waals surface area contributed by atoms with Crippen LogP contribution in [0.3, 0.4) is 0 Å². The molecule has 0 unspecified atom stereocenters. The smallest absolute Gasteiger partial charge is 0.344 e. The van der Waals surface area contributed by atoms with Crippen LogP contribution in [0.2, 0.25) is 0 Å². The van der Waals surface area contributed by atoms with Crippen LogP contribution in [0.1, 0.15) is 45.6 Å². The van der Waals surface area contributed by atoms with Crippen molar-refractivity contribution in [1.82, 2.24) is 5.32 Å². The number of hydrogen-bond donors (Lipinski definition) is 1. The molecule has 140 valence electrons. The number of nitriles is 1. The first-order valence-corrected chi connectivity index (χ1v) is 9.04. The van der Waals surface area contributed by atoms with E-state index in [9.17, 15) is 9.59 Å². The topological polar surface area (TPSA) is 88.4 Å². The van der Waals surface area contributed by atoms with Crippen LogP contribution in [-0.2, 0) is 14.3 Å². The Morgan fingerprint density at radius 2 is 2.04 bits per heavy atom. The molecule has 1 aliphatic rings. The standard InChI is InChI=1S/C20H26N2O4/c1-13-7-6-9-17(14(13)2)22-20(24)15(3)26-19(23)12-25-18-10-5-4-8-16(18)11-21/h4-5,8,10,13-15,17H,6-7,9,12H2,1-3H3,(H,22,24)/t13-,14+,15+,17-/m0/s1. The van der Waals surface area contributed by atoms with Crippen LogP contribution >= 0.6 is 0 Å². The van der Waals surface area contributed by atoms with E-state index in [0.29, 0.717) is 23.1 Å². The Bertz CT molecular complexity index is 683. The lowest BCUT2D eigenvalue weighted by Crippen LogP contribution is -2.47. The lowest BCUT2D eigenvalue weighted by Gasteiger charge is -2.35. The van der Waals surface area contributed by atoms with E-state index in [1.165, 1.54) is 6.42 Å². The molecule has 1 N–H and O–H groups in total. The van der Waals surface area contributed by atoms with Crippen LogP contribution in [0.25, 0.3) is 0 Å². The lowest BCUT2D eigenvalue weighted by molar-refractivity contribution is -0.157. The Hall–Kier alpha value is -2.55. The molecule has 0 aliphatic heterocycles. The quantitative estimate of drug-likeness (QED) is 0.790. The highest BCUT2D eigenvalue weighted by Crippen LogP contribution is 2.29. The summed E-state index contributed by atoms with van der Waals surface area (Å²) in [7, 11) is 0. The Balaban J connectivity index is 1.81. The summed E-state index contributed by atoms with van der Waals surface area (Å²) in [6, 6.07) is 8.74. The molecule has 1 saturated carbocycles. The fourth-order valence-electron chi connectivity index (χ4n) is 3.19. The maximum Gasteiger partial charge on any atom is 0.344 e. The summed E-state index contributed by atoms with van der Waals surface area (Å²) in [5.41, 5.74) is 0.339. The van der Waals surface area contributed by atoms with E-state index in [-0.39, 0.29) is 18.6 Å². The summed E-state index contributed by atoms with van der Waals surface area (Å²) in [4.78, 5) is 24.2. The molecule has 4 atom stereocenters. The van der Waals surface area contributed by atoms with Crippen LogP contribution in [0, 0.1) is 23.2 Å². The average molecular weight is 358 g/mol. The first kappa shape index (κ1) is 19.8. The zero-order chi connectivity index (χ0) is 19.1. The molecular weight excluding hydrogens is 332 g/mol. The number of carbonyl (C=O) groups is 2. The third-order valence-electron chi connectivity index (χ3n) is 5.06. The molecule has 0 saturated heterocycles. The monoisotopic (exact) mass is 358 g/mol. The predicted octanol–water partition coefficient (Wildman–Crippen LogP) is 2.81. The highest BCUT2D eigenvalue weighted by atomic mass is 16.6. The number of nitrogens with one attached hydrogen (secondary N) is 1. The molecule has 0 bridgehead atoms. The molecule has 1 aromatic rings. The molecule has 2 rings (SSSR count). The van der Waals surface area contributed by atoms with Gasteiger partial charge < -0.3 is 14.8 Å². The molecule has 0 aromatic heterocycles. The van der Waals surface area contributed by atoms with E-state index in [4.69, 9.17) is 14.7 Å². The summed E-state index contributed by atoms with van der Waals surface area (Å²) >= 11 is 0. The van der Waals surface area contributed by atoms with Crippen molar-refractivity contribution in [3.8, 4) is 11.8 Å². The zero-order valence-electron chi connectivity index (χ0n) is 15.5. The summed E-state index contributed by atoms with van der Waals surface area (Å²) in [6.45, 7) is 5.54. The van der Waals surface area contributed by atoms with E-state index in [1.54, 1.807) is 31.2 Å². The van der Waals surface area contributed by atoms with Gasteiger partial charge in [0.25, 0.3) is 5.91 Å². The van der Waals surface area contributed by atoms with Gasteiger partial charge >= 0.3 is 5.97 Å². The number of esters is 1. The Morgan fingerprint density at radius 1 is 1.31 bits per heavy atom. The maximum absolute atomic E-state index is 12.3. The number of amides is 1. The van der Waals surface area contributed by atoms with Crippen molar-refractivity contribution in [2.45, 2.75) is 52.2 Å². The van der Waals surface area contributed by atoms with Crippen molar-refractivity contribution in [2.75, 3.05) is 6.61 Å². The Labute approximate surface area is 154 Å². The Morgan fingerprint density at radius 3 is 2.77 bits per heavy atom. The van der Waals surface area contributed by atoms with E-state index >= 15 is 0 Å². The van der Waals surface area contributed by atoms with Crippen molar-refractivity contribution < 1.29 is 19.1 Å².